The summed E-state index contributed by atoms with van der Waals surface area (Å²) in [5.74, 6) is -0.991. The summed E-state index contributed by atoms with van der Waals surface area (Å²) in [5.41, 5.74) is 0.0856. The van der Waals surface area contributed by atoms with Gasteiger partial charge in [0.1, 0.15) is 6.54 Å². The number of aliphatic carboxylic acids is 1. The maximum absolute atomic E-state index is 11.8. The monoisotopic (exact) mass is 268 g/mol. The lowest BCUT2D eigenvalue weighted by atomic mass is 10.0. The number of carbonyl (C=O) groups is 2. The topological polar surface area (TPSA) is 105 Å². The first-order valence-electron chi connectivity index (χ1n) is 5.88. The van der Waals surface area contributed by atoms with Crippen LogP contribution in [-0.4, -0.2) is 45.6 Å². The van der Waals surface area contributed by atoms with Crippen LogP contribution in [0.1, 0.15) is 13.3 Å². The van der Waals surface area contributed by atoms with E-state index in [2.05, 4.69) is 15.7 Å². The van der Waals surface area contributed by atoms with Gasteiger partial charge in [-0.15, -0.1) is 0 Å². The number of urea groups is 1. The average Bonchev–Trinajstić information content (AvgIpc) is 2.87. The minimum atomic E-state index is -0.991. The number of hydrogen-bond acceptors (Lipinski definition) is 4. The van der Waals surface area contributed by atoms with Crippen molar-refractivity contribution in [3.63, 3.8) is 0 Å². The van der Waals surface area contributed by atoms with E-state index >= 15 is 0 Å². The summed E-state index contributed by atoms with van der Waals surface area (Å²) in [7, 11) is 0. The Morgan fingerprint density at radius 3 is 3.05 bits per heavy atom. The number of aromatic nitrogens is 2. The number of carbonyl (C=O) groups excluding carboxylic acids is 1. The summed E-state index contributed by atoms with van der Waals surface area (Å²) in [6, 6.07) is -0.358. The fourth-order valence-electron chi connectivity index (χ4n) is 1.86. The number of anilines is 1. The van der Waals surface area contributed by atoms with Crippen molar-refractivity contribution in [1.82, 2.24) is 15.1 Å². The van der Waals surface area contributed by atoms with E-state index < -0.39 is 5.97 Å². The molecule has 1 saturated heterocycles. The predicted molar refractivity (Wildman–Crippen MR) is 65.9 cm³/mol. The number of nitrogens with one attached hydrogen (secondary N) is 2. The highest BCUT2D eigenvalue weighted by atomic mass is 16.5. The third-order valence-electron chi connectivity index (χ3n) is 2.82. The molecule has 0 aromatic carbocycles. The van der Waals surface area contributed by atoms with Gasteiger partial charge in [0.05, 0.1) is 24.0 Å². The number of amides is 2. The summed E-state index contributed by atoms with van der Waals surface area (Å²) in [6.07, 6.45) is 3.62. The summed E-state index contributed by atoms with van der Waals surface area (Å²) in [6.45, 7) is 2.79. The standard InChI is InChI=1S/C11H16N4O4/c1-11(2-3-19-7-11)14-10(18)13-8-4-12-15(5-8)6-9(16)17/h4-5H,2-3,6-7H2,1H3,(H,16,17)(H2,13,14,18). The second-order valence-electron chi connectivity index (χ2n) is 4.76. The van der Waals surface area contributed by atoms with Crippen LogP contribution >= 0.6 is 0 Å². The molecule has 3 N–H and O–H groups in total. The van der Waals surface area contributed by atoms with E-state index in [1.165, 1.54) is 17.1 Å². The van der Waals surface area contributed by atoms with Crippen molar-refractivity contribution in [2.24, 2.45) is 0 Å². The van der Waals surface area contributed by atoms with Crippen molar-refractivity contribution < 1.29 is 19.4 Å². The van der Waals surface area contributed by atoms with Crippen molar-refractivity contribution in [2.75, 3.05) is 18.5 Å². The normalized spacial score (nSPS) is 22.2. The highest BCUT2D eigenvalue weighted by molar-refractivity contribution is 5.89. The fourth-order valence-corrected chi connectivity index (χ4v) is 1.86. The first kappa shape index (κ1) is 13.3. The van der Waals surface area contributed by atoms with Crippen LogP contribution in [0.5, 0.6) is 0 Å². The summed E-state index contributed by atoms with van der Waals surface area (Å²) in [4.78, 5) is 22.3. The summed E-state index contributed by atoms with van der Waals surface area (Å²) < 4.78 is 6.47. The van der Waals surface area contributed by atoms with Gasteiger partial charge < -0.3 is 20.5 Å². The van der Waals surface area contributed by atoms with Crippen molar-refractivity contribution in [3.05, 3.63) is 12.4 Å². The van der Waals surface area contributed by atoms with Crippen LogP contribution in [0, 0.1) is 0 Å². The van der Waals surface area contributed by atoms with Crippen LogP contribution < -0.4 is 10.6 Å². The molecular formula is C11H16N4O4. The van der Waals surface area contributed by atoms with Gasteiger partial charge in [0.25, 0.3) is 0 Å². The minimum Gasteiger partial charge on any atom is -0.480 e. The van der Waals surface area contributed by atoms with Crippen molar-refractivity contribution in [2.45, 2.75) is 25.4 Å². The molecule has 0 radical (unpaired) electrons. The Kier molecular flexibility index (Phi) is 3.70. The predicted octanol–water partition coefficient (Wildman–Crippen LogP) is 0.268. The summed E-state index contributed by atoms with van der Waals surface area (Å²) >= 11 is 0. The minimum absolute atomic E-state index is 0.241. The lowest BCUT2D eigenvalue weighted by molar-refractivity contribution is -0.137. The smallest absolute Gasteiger partial charge is 0.325 e. The molecule has 8 nitrogen and oxygen atoms in total. The quantitative estimate of drug-likeness (QED) is 0.726. The number of hydrogen-bond donors (Lipinski definition) is 3. The van der Waals surface area contributed by atoms with E-state index in [4.69, 9.17) is 9.84 Å². The van der Waals surface area contributed by atoms with E-state index in [9.17, 15) is 9.59 Å². The molecule has 1 aromatic rings. The third kappa shape index (κ3) is 3.68. The molecule has 2 heterocycles. The first-order chi connectivity index (χ1) is 8.97. The van der Waals surface area contributed by atoms with Gasteiger partial charge >= 0.3 is 12.0 Å². The zero-order valence-electron chi connectivity index (χ0n) is 10.5. The molecule has 1 unspecified atom stereocenters. The molecule has 1 aliphatic heterocycles. The van der Waals surface area contributed by atoms with Gasteiger partial charge in [-0.1, -0.05) is 0 Å². The van der Waals surface area contributed by atoms with E-state index in [1.807, 2.05) is 6.92 Å². The molecule has 2 amide bonds. The van der Waals surface area contributed by atoms with Gasteiger partial charge in [0.2, 0.25) is 0 Å². The van der Waals surface area contributed by atoms with E-state index in [0.717, 1.165) is 6.42 Å². The Morgan fingerprint density at radius 2 is 2.42 bits per heavy atom. The molecule has 8 heteroatoms. The lowest BCUT2D eigenvalue weighted by Gasteiger charge is -2.23. The van der Waals surface area contributed by atoms with Crippen LogP contribution in [0.2, 0.25) is 0 Å². The first-order valence-corrected chi connectivity index (χ1v) is 5.88. The second kappa shape index (κ2) is 5.27. The van der Waals surface area contributed by atoms with Crippen LogP contribution in [0.4, 0.5) is 10.5 Å². The highest BCUT2D eigenvalue weighted by Gasteiger charge is 2.31. The van der Waals surface area contributed by atoms with Gasteiger partial charge in [0, 0.05) is 12.8 Å². The lowest BCUT2D eigenvalue weighted by Crippen LogP contribution is -2.48. The van der Waals surface area contributed by atoms with E-state index in [0.29, 0.717) is 18.9 Å². The van der Waals surface area contributed by atoms with Crippen LogP contribution in [-0.2, 0) is 16.1 Å². The van der Waals surface area contributed by atoms with Gasteiger partial charge in [-0.25, -0.2) is 4.79 Å². The molecule has 1 atom stereocenters. The molecule has 2 rings (SSSR count). The number of carboxylic acids is 1. The molecule has 0 saturated carbocycles. The third-order valence-corrected chi connectivity index (χ3v) is 2.82. The molecule has 1 aliphatic rings. The molecule has 0 bridgehead atoms. The van der Waals surface area contributed by atoms with E-state index in [1.54, 1.807) is 0 Å². The number of rotatable bonds is 4. The Bertz CT molecular complexity index is 479. The Morgan fingerprint density at radius 1 is 1.63 bits per heavy atom. The van der Waals surface area contributed by atoms with Crippen LogP contribution in [0.3, 0.4) is 0 Å². The number of ether oxygens (including phenoxy) is 1. The zero-order chi connectivity index (χ0) is 13.9. The summed E-state index contributed by atoms with van der Waals surface area (Å²) in [5, 5.41) is 17.9. The fraction of sp³-hybridized carbons (Fsp3) is 0.545. The number of nitrogens with zero attached hydrogens (tertiary/aromatic N) is 2. The van der Waals surface area contributed by atoms with Crippen molar-refractivity contribution in [3.8, 4) is 0 Å². The molecule has 104 valence electrons. The molecule has 0 aliphatic carbocycles. The molecule has 1 aromatic heterocycles. The molecule has 19 heavy (non-hydrogen) atoms. The average molecular weight is 268 g/mol. The van der Waals surface area contributed by atoms with E-state index in [-0.39, 0.29) is 18.1 Å². The van der Waals surface area contributed by atoms with Crippen LogP contribution in [0.25, 0.3) is 0 Å². The molecular weight excluding hydrogens is 252 g/mol. The van der Waals surface area contributed by atoms with Crippen LogP contribution in [0.15, 0.2) is 12.4 Å². The maximum Gasteiger partial charge on any atom is 0.325 e. The maximum atomic E-state index is 11.8. The largest absolute Gasteiger partial charge is 0.480 e. The molecule has 0 spiro atoms. The Balaban J connectivity index is 1.88. The second-order valence-corrected chi connectivity index (χ2v) is 4.76. The van der Waals surface area contributed by atoms with Gasteiger partial charge in [-0.3, -0.25) is 9.48 Å². The van der Waals surface area contributed by atoms with Crippen molar-refractivity contribution >= 4 is 17.7 Å². The van der Waals surface area contributed by atoms with Gasteiger partial charge in [-0.2, -0.15) is 5.10 Å². The Labute approximate surface area is 109 Å². The Hall–Kier alpha value is -2.09. The highest BCUT2D eigenvalue weighted by Crippen LogP contribution is 2.17. The van der Waals surface area contributed by atoms with Crippen molar-refractivity contribution in [1.29, 1.82) is 0 Å². The number of carboxylic acid groups (broad SMARTS) is 1. The molecule has 1 fully saturated rings. The zero-order valence-corrected chi connectivity index (χ0v) is 10.5. The van der Waals surface area contributed by atoms with Gasteiger partial charge in [-0.05, 0) is 13.3 Å². The van der Waals surface area contributed by atoms with Gasteiger partial charge in [0.15, 0.2) is 0 Å². The SMILES string of the molecule is CC1(NC(=O)Nc2cnn(CC(=O)O)c2)CCOC1.